The summed E-state index contributed by atoms with van der Waals surface area (Å²) in [5, 5.41) is 2.46. The number of rotatable bonds is 3. The number of hydrogen-bond acceptors (Lipinski definition) is 3. The third kappa shape index (κ3) is 3.03. The fourth-order valence-corrected chi connectivity index (χ4v) is 1.56. The molecule has 6 heteroatoms. The summed E-state index contributed by atoms with van der Waals surface area (Å²) in [5.74, 6) is 0.197. The molecule has 0 saturated carbocycles. The molecule has 1 atom stereocenters. The van der Waals surface area contributed by atoms with Gasteiger partial charge in [-0.15, -0.1) is 0 Å². The number of nitrogens with one attached hydrogen (secondary N) is 1. The molecule has 0 spiro atoms. The zero-order valence-electron chi connectivity index (χ0n) is 8.31. The van der Waals surface area contributed by atoms with Crippen molar-refractivity contribution < 1.29 is 18.3 Å². The molecule has 0 radical (unpaired) electrons. The molecule has 1 amide bonds. The average molecular weight is 229 g/mol. The molecule has 82 valence electrons. The van der Waals surface area contributed by atoms with Crippen LogP contribution in [0.4, 0.5) is 5.69 Å². The molecule has 0 aliphatic rings. The molecule has 15 heavy (non-hydrogen) atoms. The van der Waals surface area contributed by atoms with Crippen molar-refractivity contribution in [2.24, 2.45) is 0 Å². The lowest BCUT2D eigenvalue weighted by Gasteiger charge is -2.08. The van der Waals surface area contributed by atoms with Crippen LogP contribution < -0.4 is 10.1 Å². The van der Waals surface area contributed by atoms with Gasteiger partial charge in [0.25, 0.3) is 0 Å². The van der Waals surface area contributed by atoms with Gasteiger partial charge in [-0.25, -0.2) is 4.21 Å². The number of methoxy groups -OCH3 is 1. The molecular formula is C9H11NO4S. The van der Waals surface area contributed by atoms with Crippen LogP contribution in [0, 0.1) is 0 Å². The van der Waals surface area contributed by atoms with Crippen molar-refractivity contribution in [3.63, 3.8) is 0 Å². The first-order valence-electron chi connectivity index (χ1n) is 4.11. The number of hydrogen-bond donors (Lipinski definition) is 2. The van der Waals surface area contributed by atoms with Crippen LogP contribution in [0.15, 0.2) is 23.1 Å². The van der Waals surface area contributed by atoms with Gasteiger partial charge in [-0.2, -0.15) is 0 Å². The third-order valence-corrected chi connectivity index (χ3v) is 2.42. The Morgan fingerprint density at radius 3 is 2.67 bits per heavy atom. The maximum Gasteiger partial charge on any atom is 0.221 e. The first-order chi connectivity index (χ1) is 7.04. The Labute approximate surface area is 89.7 Å². The molecule has 1 aromatic carbocycles. The van der Waals surface area contributed by atoms with E-state index >= 15 is 0 Å². The molecule has 2 N–H and O–H groups in total. The summed E-state index contributed by atoms with van der Waals surface area (Å²) >= 11 is -2.14. The smallest absolute Gasteiger partial charge is 0.221 e. The monoisotopic (exact) mass is 229 g/mol. The molecule has 1 aromatic rings. The summed E-state index contributed by atoms with van der Waals surface area (Å²) in [5.41, 5.74) is 0.280. The van der Waals surface area contributed by atoms with Gasteiger partial charge >= 0.3 is 0 Å². The summed E-state index contributed by atoms with van der Waals surface area (Å²) in [7, 11) is 1.47. The Morgan fingerprint density at radius 2 is 2.20 bits per heavy atom. The summed E-state index contributed by atoms with van der Waals surface area (Å²) in [6.45, 7) is 1.32. The van der Waals surface area contributed by atoms with Gasteiger partial charge in [-0.3, -0.25) is 4.79 Å². The van der Waals surface area contributed by atoms with Crippen molar-refractivity contribution in [1.82, 2.24) is 0 Å². The molecule has 1 unspecified atom stereocenters. The van der Waals surface area contributed by atoms with Gasteiger partial charge in [0.05, 0.1) is 17.7 Å². The highest BCUT2D eigenvalue weighted by Crippen LogP contribution is 2.24. The Hall–Kier alpha value is -1.40. The minimum atomic E-state index is -2.14. The molecule has 0 heterocycles. The molecule has 0 aliphatic heterocycles. The lowest BCUT2D eigenvalue weighted by atomic mass is 10.3. The predicted octanol–water partition coefficient (Wildman–Crippen LogP) is 1.23. The van der Waals surface area contributed by atoms with Crippen LogP contribution in [0.5, 0.6) is 5.75 Å². The Morgan fingerprint density at radius 1 is 1.53 bits per heavy atom. The quantitative estimate of drug-likeness (QED) is 0.764. The number of anilines is 1. The van der Waals surface area contributed by atoms with Crippen molar-refractivity contribution in [3.8, 4) is 5.75 Å². The predicted molar refractivity (Wildman–Crippen MR) is 56.3 cm³/mol. The number of carbonyl (C=O) groups is 1. The SMILES string of the molecule is COc1ccc(S(=O)O)c(NC(C)=O)c1. The second-order valence-corrected chi connectivity index (χ2v) is 3.73. The van der Waals surface area contributed by atoms with Gasteiger partial charge in [0, 0.05) is 13.0 Å². The van der Waals surface area contributed by atoms with Crippen molar-refractivity contribution >= 4 is 22.7 Å². The Bertz CT molecular complexity index is 405. The van der Waals surface area contributed by atoms with Gasteiger partial charge in [0.15, 0.2) is 11.1 Å². The molecule has 0 fully saturated rings. The molecule has 1 rings (SSSR count). The van der Waals surface area contributed by atoms with Crippen molar-refractivity contribution in [3.05, 3.63) is 18.2 Å². The molecule has 0 aliphatic carbocycles. The Kier molecular flexibility index (Phi) is 3.81. The van der Waals surface area contributed by atoms with Crippen LogP contribution in [0.1, 0.15) is 6.92 Å². The summed E-state index contributed by atoms with van der Waals surface area (Å²) < 4.78 is 24.8. The van der Waals surface area contributed by atoms with Gasteiger partial charge in [0.1, 0.15) is 5.75 Å². The maximum absolute atomic E-state index is 10.9. The van der Waals surface area contributed by atoms with E-state index in [1.165, 1.54) is 26.2 Å². The molecular weight excluding hydrogens is 218 g/mol. The summed E-state index contributed by atoms with van der Waals surface area (Å²) in [4.78, 5) is 11.0. The number of ether oxygens (including phenoxy) is 1. The van der Waals surface area contributed by atoms with Crippen molar-refractivity contribution in [2.45, 2.75) is 11.8 Å². The number of benzene rings is 1. The van der Waals surface area contributed by atoms with Gasteiger partial charge in [0.2, 0.25) is 5.91 Å². The molecule has 0 aromatic heterocycles. The topological polar surface area (TPSA) is 75.6 Å². The fraction of sp³-hybridized carbons (Fsp3) is 0.222. The lowest BCUT2D eigenvalue weighted by Crippen LogP contribution is -2.08. The van der Waals surface area contributed by atoms with Crippen LogP contribution in [0.3, 0.4) is 0 Å². The number of amides is 1. The minimum Gasteiger partial charge on any atom is -0.497 e. The Balaban J connectivity index is 3.16. The van der Waals surface area contributed by atoms with Crippen molar-refractivity contribution in [1.29, 1.82) is 0 Å². The van der Waals surface area contributed by atoms with E-state index in [1.54, 1.807) is 6.07 Å². The average Bonchev–Trinajstić information content (AvgIpc) is 2.16. The fourth-order valence-electron chi connectivity index (χ4n) is 1.08. The van der Waals surface area contributed by atoms with E-state index in [0.29, 0.717) is 5.75 Å². The van der Waals surface area contributed by atoms with E-state index in [1.807, 2.05) is 0 Å². The summed E-state index contributed by atoms with van der Waals surface area (Å²) in [6, 6.07) is 4.47. The second kappa shape index (κ2) is 4.90. The first-order valence-corrected chi connectivity index (χ1v) is 5.21. The number of carbonyl (C=O) groups excluding carboxylic acids is 1. The van der Waals surface area contributed by atoms with E-state index < -0.39 is 11.1 Å². The highest BCUT2D eigenvalue weighted by atomic mass is 32.2. The van der Waals surface area contributed by atoms with Crippen LogP contribution in [0.25, 0.3) is 0 Å². The zero-order valence-corrected chi connectivity index (χ0v) is 9.13. The van der Waals surface area contributed by atoms with E-state index in [9.17, 15) is 9.00 Å². The van der Waals surface area contributed by atoms with E-state index in [0.717, 1.165) is 0 Å². The standard InChI is InChI=1S/C9H11NO4S/c1-6(11)10-8-5-7(14-2)3-4-9(8)15(12)13/h3-5H,1-2H3,(H,10,11)(H,12,13). The summed E-state index contributed by atoms with van der Waals surface area (Å²) in [6.07, 6.45) is 0. The minimum absolute atomic E-state index is 0.144. The molecule has 5 nitrogen and oxygen atoms in total. The van der Waals surface area contributed by atoms with E-state index in [-0.39, 0.29) is 16.5 Å². The molecule has 0 saturated heterocycles. The van der Waals surface area contributed by atoms with Crippen LogP contribution in [-0.4, -0.2) is 21.8 Å². The van der Waals surface area contributed by atoms with Gasteiger partial charge in [-0.05, 0) is 12.1 Å². The normalized spacial score (nSPS) is 11.9. The van der Waals surface area contributed by atoms with E-state index in [2.05, 4.69) is 5.32 Å². The molecule has 0 bridgehead atoms. The highest BCUT2D eigenvalue weighted by molar-refractivity contribution is 7.79. The van der Waals surface area contributed by atoms with Crippen LogP contribution >= 0.6 is 0 Å². The second-order valence-electron chi connectivity index (χ2n) is 2.79. The lowest BCUT2D eigenvalue weighted by molar-refractivity contribution is -0.114. The van der Waals surface area contributed by atoms with E-state index in [4.69, 9.17) is 9.29 Å². The van der Waals surface area contributed by atoms with Crippen LogP contribution in [0.2, 0.25) is 0 Å². The highest BCUT2D eigenvalue weighted by Gasteiger charge is 2.10. The van der Waals surface area contributed by atoms with Crippen LogP contribution in [-0.2, 0) is 15.9 Å². The van der Waals surface area contributed by atoms with Gasteiger partial charge in [-0.1, -0.05) is 0 Å². The first kappa shape index (κ1) is 11.7. The largest absolute Gasteiger partial charge is 0.497 e. The van der Waals surface area contributed by atoms with Crippen molar-refractivity contribution in [2.75, 3.05) is 12.4 Å². The maximum atomic E-state index is 10.9. The zero-order chi connectivity index (χ0) is 11.4. The third-order valence-electron chi connectivity index (χ3n) is 1.69. The van der Waals surface area contributed by atoms with Gasteiger partial charge < -0.3 is 14.6 Å².